The van der Waals surface area contributed by atoms with Crippen molar-refractivity contribution >= 4 is 33.4 Å². The number of rotatable bonds is 7. The molecule has 37 heavy (non-hydrogen) atoms. The Morgan fingerprint density at radius 2 is 1.78 bits per heavy atom. The highest BCUT2D eigenvalue weighted by atomic mass is 79.9. The smallest absolute Gasteiger partial charge is 0.251 e. The summed E-state index contributed by atoms with van der Waals surface area (Å²) in [6.07, 6.45) is 6.30. The van der Waals surface area contributed by atoms with Gasteiger partial charge in [-0.2, -0.15) is 0 Å². The van der Waals surface area contributed by atoms with E-state index in [0.717, 1.165) is 51.8 Å². The fraction of sp³-hybridized carbons (Fsp3) is 0.200. The second-order valence-corrected chi connectivity index (χ2v) is 9.96. The van der Waals surface area contributed by atoms with Crippen LogP contribution in [0.5, 0.6) is 5.75 Å². The van der Waals surface area contributed by atoms with Gasteiger partial charge in [0.15, 0.2) is 0 Å². The molecule has 1 aliphatic heterocycles. The number of halogens is 1. The first-order valence-corrected chi connectivity index (χ1v) is 13.1. The van der Waals surface area contributed by atoms with E-state index < -0.39 is 5.91 Å². The van der Waals surface area contributed by atoms with Crippen LogP contribution in [-0.2, 0) is 6.54 Å². The molecule has 1 heterocycles. The van der Waals surface area contributed by atoms with Crippen LogP contribution in [0.2, 0.25) is 0 Å². The zero-order valence-corrected chi connectivity index (χ0v) is 22.0. The monoisotopic (exact) mass is 557 g/mol. The first kappa shape index (κ1) is 24.8. The molecule has 7 heteroatoms. The Morgan fingerprint density at radius 1 is 1.00 bits per heavy atom. The van der Waals surface area contributed by atoms with Crippen LogP contribution in [0.4, 0.5) is 5.69 Å². The van der Waals surface area contributed by atoms with Gasteiger partial charge in [-0.1, -0.05) is 70.5 Å². The van der Waals surface area contributed by atoms with Crippen molar-refractivity contribution < 1.29 is 14.3 Å². The molecule has 0 aromatic heterocycles. The Labute approximate surface area is 224 Å². The molecule has 0 saturated carbocycles. The molecule has 3 aromatic rings. The Hall–Kier alpha value is -3.84. The van der Waals surface area contributed by atoms with E-state index in [4.69, 9.17) is 10.5 Å². The van der Waals surface area contributed by atoms with Crippen LogP contribution < -0.4 is 20.7 Å². The normalized spacial score (nSPS) is 14.7. The number of carbonyl (C=O) groups is 2. The van der Waals surface area contributed by atoms with Gasteiger partial charge in [-0.25, -0.2) is 0 Å². The lowest BCUT2D eigenvalue weighted by molar-refractivity contribution is 0.0955. The number of anilines is 1. The minimum Gasteiger partial charge on any atom is -0.490 e. The molecule has 2 aliphatic rings. The predicted octanol–water partition coefficient (Wildman–Crippen LogP) is 5.58. The van der Waals surface area contributed by atoms with Gasteiger partial charge in [0.25, 0.3) is 5.91 Å². The van der Waals surface area contributed by atoms with Crippen molar-refractivity contribution in [1.29, 1.82) is 0 Å². The molecule has 1 aliphatic carbocycles. The molecule has 5 rings (SSSR count). The molecule has 6 nitrogen and oxygen atoms in total. The van der Waals surface area contributed by atoms with Gasteiger partial charge >= 0.3 is 0 Å². The fourth-order valence-corrected chi connectivity index (χ4v) is 5.20. The quantitative estimate of drug-likeness (QED) is 0.397. The third-order valence-corrected chi connectivity index (χ3v) is 7.47. The Balaban J connectivity index is 1.27. The van der Waals surface area contributed by atoms with Crippen molar-refractivity contribution in [2.75, 3.05) is 24.6 Å². The summed E-state index contributed by atoms with van der Waals surface area (Å²) in [6, 6.07) is 21.1. The third-order valence-electron chi connectivity index (χ3n) is 6.64. The number of carbonyl (C=O) groups excluding carboxylic acids is 2. The van der Waals surface area contributed by atoms with Crippen LogP contribution in [0.1, 0.15) is 39.1 Å². The largest absolute Gasteiger partial charge is 0.490 e. The van der Waals surface area contributed by atoms with Gasteiger partial charge in [-0.15, -0.1) is 0 Å². The van der Waals surface area contributed by atoms with Crippen molar-refractivity contribution in [1.82, 2.24) is 5.32 Å². The molecule has 0 unspecified atom stereocenters. The third kappa shape index (κ3) is 5.62. The highest BCUT2D eigenvalue weighted by Crippen LogP contribution is 2.34. The lowest BCUT2D eigenvalue weighted by Gasteiger charge is -2.31. The van der Waals surface area contributed by atoms with Gasteiger partial charge in [0, 0.05) is 28.7 Å². The maximum absolute atomic E-state index is 12.8. The molecule has 0 radical (unpaired) electrons. The summed E-state index contributed by atoms with van der Waals surface area (Å²) in [4.78, 5) is 26.8. The summed E-state index contributed by atoms with van der Waals surface area (Å²) < 4.78 is 6.96. The molecule has 2 amide bonds. The van der Waals surface area contributed by atoms with Gasteiger partial charge in [0.05, 0.1) is 12.2 Å². The van der Waals surface area contributed by atoms with E-state index in [1.807, 2.05) is 48.5 Å². The average Bonchev–Trinajstić information content (AvgIpc) is 2.93. The Kier molecular flexibility index (Phi) is 7.42. The molecule has 0 atom stereocenters. The second kappa shape index (κ2) is 11.0. The van der Waals surface area contributed by atoms with E-state index in [9.17, 15) is 9.59 Å². The second-order valence-electron chi connectivity index (χ2n) is 9.10. The summed E-state index contributed by atoms with van der Waals surface area (Å²) in [5.74, 6) is 0.152. The Bertz CT molecular complexity index is 1400. The lowest BCUT2D eigenvalue weighted by Crippen LogP contribution is -2.32. The van der Waals surface area contributed by atoms with Gasteiger partial charge in [-0.3, -0.25) is 9.59 Å². The van der Waals surface area contributed by atoms with Crippen LogP contribution in [-0.4, -0.2) is 31.5 Å². The molecule has 188 valence electrons. The van der Waals surface area contributed by atoms with E-state index in [1.54, 1.807) is 6.07 Å². The fourth-order valence-electron chi connectivity index (χ4n) is 4.67. The van der Waals surface area contributed by atoms with Crippen molar-refractivity contribution in [2.45, 2.75) is 19.4 Å². The molecule has 0 spiro atoms. The van der Waals surface area contributed by atoms with Gasteiger partial charge in [-0.05, 0) is 59.4 Å². The highest BCUT2D eigenvalue weighted by Gasteiger charge is 2.21. The number of benzene rings is 3. The lowest BCUT2D eigenvalue weighted by atomic mass is 9.98. The molecule has 3 N–H and O–H groups in total. The van der Waals surface area contributed by atoms with E-state index in [2.05, 4.69) is 50.4 Å². The number of nitrogens with zero attached hydrogens (tertiary/aromatic N) is 1. The van der Waals surface area contributed by atoms with E-state index in [1.165, 1.54) is 0 Å². The molecule has 3 aromatic carbocycles. The number of primary amides is 1. The van der Waals surface area contributed by atoms with Gasteiger partial charge in [0.2, 0.25) is 5.91 Å². The molecule has 0 saturated heterocycles. The van der Waals surface area contributed by atoms with E-state index >= 15 is 0 Å². The van der Waals surface area contributed by atoms with Crippen molar-refractivity contribution in [2.24, 2.45) is 5.73 Å². The number of amides is 2. The molecule has 0 fully saturated rings. The van der Waals surface area contributed by atoms with Gasteiger partial charge in [0.1, 0.15) is 12.4 Å². The summed E-state index contributed by atoms with van der Waals surface area (Å²) in [6.45, 7) is 2.49. The summed E-state index contributed by atoms with van der Waals surface area (Å²) in [7, 11) is 0. The van der Waals surface area contributed by atoms with Crippen LogP contribution in [0.25, 0.3) is 11.1 Å². The summed E-state index contributed by atoms with van der Waals surface area (Å²) >= 11 is 3.57. The predicted molar refractivity (Wildman–Crippen MR) is 150 cm³/mol. The number of fused-ring (bicyclic) bond motifs is 1. The topological polar surface area (TPSA) is 84.7 Å². The SMILES string of the molecule is NC(=O)c1ccccc1-c1ccc(CN2CCOc3cc(C(=O)NCC4=CCCC=C4Br)ccc32)cc1. The van der Waals surface area contributed by atoms with E-state index in [0.29, 0.717) is 36.6 Å². The highest BCUT2D eigenvalue weighted by molar-refractivity contribution is 9.12. The number of hydrogen-bond acceptors (Lipinski definition) is 4. The summed E-state index contributed by atoms with van der Waals surface area (Å²) in [5, 5.41) is 3.01. The van der Waals surface area contributed by atoms with Crippen molar-refractivity contribution in [3.63, 3.8) is 0 Å². The van der Waals surface area contributed by atoms with Crippen molar-refractivity contribution in [3.8, 4) is 16.9 Å². The van der Waals surface area contributed by atoms with Crippen LogP contribution in [0.3, 0.4) is 0 Å². The minimum atomic E-state index is -0.437. The maximum atomic E-state index is 12.8. The zero-order valence-electron chi connectivity index (χ0n) is 20.4. The average molecular weight is 558 g/mol. The number of nitrogens with two attached hydrogens (primary N) is 1. The van der Waals surface area contributed by atoms with E-state index in [-0.39, 0.29) is 5.91 Å². The maximum Gasteiger partial charge on any atom is 0.251 e. The number of hydrogen-bond donors (Lipinski definition) is 2. The number of allylic oxidation sites excluding steroid dienone is 2. The number of nitrogens with one attached hydrogen (secondary N) is 1. The molecular weight excluding hydrogens is 530 g/mol. The molecule has 0 bridgehead atoms. The van der Waals surface area contributed by atoms with Crippen LogP contribution in [0.15, 0.2) is 88.9 Å². The first-order valence-electron chi connectivity index (χ1n) is 12.3. The Morgan fingerprint density at radius 3 is 2.57 bits per heavy atom. The van der Waals surface area contributed by atoms with Crippen molar-refractivity contribution in [3.05, 3.63) is 106 Å². The minimum absolute atomic E-state index is 0.123. The zero-order chi connectivity index (χ0) is 25.8. The van der Waals surface area contributed by atoms with Crippen LogP contribution in [0, 0.1) is 0 Å². The first-order chi connectivity index (χ1) is 18.0. The number of ether oxygens (including phenoxy) is 1. The van der Waals surface area contributed by atoms with Gasteiger partial charge < -0.3 is 20.7 Å². The van der Waals surface area contributed by atoms with Crippen LogP contribution >= 0.6 is 15.9 Å². The summed E-state index contributed by atoms with van der Waals surface area (Å²) in [5.41, 5.74) is 11.6. The standard InChI is InChI=1S/C30H28BrN3O3/c31-26-8-4-1-5-23(26)18-33-30(36)22-13-14-27-28(17-22)37-16-15-34(27)19-20-9-11-21(12-10-20)24-6-2-3-7-25(24)29(32)35/h2-3,5-14,17H,1,4,15-16,18-19H2,(H2,32,35)(H,33,36). The molecular formula is C30H28BrN3O3.